The number of fused-ring (bicyclic) bond motifs is 4. The van der Waals surface area contributed by atoms with E-state index in [1.54, 1.807) is 23.5 Å². The van der Waals surface area contributed by atoms with E-state index in [-0.39, 0.29) is 55.5 Å². The Morgan fingerprint density at radius 3 is 2.05 bits per heavy atom. The molecule has 2 aromatic heterocycles. The van der Waals surface area contributed by atoms with E-state index < -0.39 is 14.0 Å². The summed E-state index contributed by atoms with van der Waals surface area (Å²) in [5, 5.41) is 15.2. The summed E-state index contributed by atoms with van der Waals surface area (Å²) >= 11 is 1.56. The topological polar surface area (TPSA) is 50.2 Å². The normalized spacial score (nSPS) is 12.4. The molecule has 0 aliphatic carbocycles. The van der Waals surface area contributed by atoms with E-state index in [2.05, 4.69) is 63.8 Å². The molecule has 4 aromatic carbocycles. The number of allylic oxidation sites excluding steroid dienone is 2. The molecule has 0 saturated heterocycles. The summed E-state index contributed by atoms with van der Waals surface area (Å²) in [6.45, 7) is 19.1. The van der Waals surface area contributed by atoms with Gasteiger partial charge in [0.15, 0.2) is 5.78 Å². The van der Waals surface area contributed by atoms with Crippen LogP contribution in [0.4, 0.5) is 8.78 Å². The average molecular weight is 969 g/mol. The molecule has 299 valence electrons. The van der Waals surface area contributed by atoms with Gasteiger partial charge < -0.3 is 5.11 Å². The maximum absolute atomic E-state index is 15.7. The number of benzene rings is 4. The molecule has 0 bridgehead atoms. The Bertz CT molecular complexity index is 2280. The first kappa shape index (κ1) is 45.2. The largest absolute Gasteiger partial charge is 0.512 e. The average Bonchev–Trinajstić information content (AvgIpc) is 3.55. The first-order valence-corrected chi connectivity index (χ1v) is 24.1. The number of aliphatic hydroxyl groups excluding tert-OH is 1. The van der Waals surface area contributed by atoms with E-state index in [0.717, 1.165) is 62.5 Å². The van der Waals surface area contributed by atoms with Crippen LogP contribution in [-0.4, -0.2) is 23.9 Å². The molecule has 1 N–H and O–H groups in total. The minimum absolute atomic E-state index is 0. The van der Waals surface area contributed by atoms with Gasteiger partial charge in [-0.1, -0.05) is 138 Å². The molecule has 0 atom stereocenters. The van der Waals surface area contributed by atoms with Gasteiger partial charge >= 0.3 is 0 Å². The monoisotopic (exact) mass is 969 g/mol. The SMILES string of the molecule is CC(C)c1cc(-c2nccc3c2sc2c(CC(F)(F)c4ccc([Si](C)(C)C)cc4)cccc23)[c-]c2ccccc12.CCC(CC)C(=O)/C=C(\O)C(CC)CC.[Ir]. The number of halogens is 2. The third-order valence-corrected chi connectivity index (χ3v) is 14.2. The maximum Gasteiger partial charge on any atom is 0.277 e. The zero-order valence-corrected chi connectivity index (χ0v) is 38.4. The van der Waals surface area contributed by atoms with Gasteiger partial charge in [-0.05, 0) is 48.6 Å². The first-order chi connectivity index (χ1) is 26.1. The summed E-state index contributed by atoms with van der Waals surface area (Å²) < 4.78 is 33.2. The molecule has 0 unspecified atom stereocenters. The summed E-state index contributed by atoms with van der Waals surface area (Å²) in [7, 11) is -1.56. The summed E-state index contributed by atoms with van der Waals surface area (Å²) in [6.07, 6.45) is 6.39. The Balaban J connectivity index is 0.000000372. The van der Waals surface area contributed by atoms with Crippen molar-refractivity contribution >= 4 is 61.3 Å². The van der Waals surface area contributed by atoms with Gasteiger partial charge in [0.25, 0.3) is 5.92 Å². The molecule has 0 amide bonds. The van der Waals surface area contributed by atoms with Crippen molar-refractivity contribution in [1.29, 1.82) is 0 Å². The van der Waals surface area contributed by atoms with Crippen LogP contribution in [0, 0.1) is 17.9 Å². The van der Waals surface area contributed by atoms with Gasteiger partial charge in [0.1, 0.15) is 0 Å². The molecule has 0 fully saturated rings. The number of thiophene rings is 1. The number of aromatic nitrogens is 1. The molecular weight excluding hydrogens is 913 g/mol. The Morgan fingerprint density at radius 2 is 1.45 bits per heavy atom. The van der Waals surface area contributed by atoms with E-state index in [9.17, 15) is 9.90 Å². The Kier molecular flexibility index (Phi) is 15.5. The molecule has 0 aliphatic heterocycles. The molecule has 3 nitrogen and oxygen atoms in total. The van der Waals surface area contributed by atoms with Crippen molar-refractivity contribution in [2.24, 2.45) is 11.8 Å². The molecule has 0 aliphatic rings. The molecule has 2 heterocycles. The van der Waals surface area contributed by atoms with E-state index >= 15 is 8.78 Å². The molecule has 1 radical (unpaired) electrons. The number of hydrogen-bond acceptors (Lipinski definition) is 4. The molecule has 6 rings (SSSR count). The third kappa shape index (κ3) is 10.1. The molecule has 0 saturated carbocycles. The summed E-state index contributed by atoms with van der Waals surface area (Å²) in [5.41, 5.74) is 3.78. The number of ketones is 1. The number of rotatable bonds is 13. The number of pyridine rings is 1. The van der Waals surface area contributed by atoms with Crippen LogP contribution < -0.4 is 5.19 Å². The predicted octanol–water partition coefficient (Wildman–Crippen LogP) is 13.9. The second-order valence-corrected chi connectivity index (χ2v) is 22.1. The Morgan fingerprint density at radius 1 is 0.839 bits per heavy atom. The van der Waals surface area contributed by atoms with Crippen LogP contribution in [0.1, 0.15) is 89.8 Å². The summed E-state index contributed by atoms with van der Waals surface area (Å²) in [5.74, 6) is -2.08. The molecule has 0 spiro atoms. The standard InChI is InChI=1S/C35H32F2NSSi.C13H24O2.Ir/c1-22(2)31-20-25(19-23-9-6-7-11-28(23)31)32-34-30(17-18-38-32)29-12-8-10-24(33(29)39-34)21-35(36,37)26-13-15-27(16-14-26)40(3,4)5;1-5-10(6-2)12(14)9-13(15)11(7-3)8-4;/h6-18,20,22H,21H2,1-5H3;9-11,14H,5-8H2,1-4H3;/q-1;;/b;12-9-;. The first-order valence-electron chi connectivity index (χ1n) is 19.8. The van der Waals surface area contributed by atoms with Crippen LogP contribution in [0.15, 0.2) is 96.9 Å². The van der Waals surface area contributed by atoms with Gasteiger partial charge in [-0.2, -0.15) is 0 Å². The number of carbonyl (C=O) groups excluding carboxylic acids is 1. The molecule has 6 aromatic rings. The number of alkyl halides is 2. The van der Waals surface area contributed by atoms with E-state index in [1.807, 2.05) is 76.4 Å². The van der Waals surface area contributed by atoms with Crippen molar-refractivity contribution in [3.05, 3.63) is 120 Å². The van der Waals surface area contributed by atoms with Crippen molar-refractivity contribution in [2.45, 2.75) is 105 Å². The Labute approximate surface area is 351 Å². The van der Waals surface area contributed by atoms with E-state index in [0.29, 0.717) is 11.5 Å². The van der Waals surface area contributed by atoms with E-state index in [1.165, 1.54) is 22.2 Å². The summed E-state index contributed by atoms with van der Waals surface area (Å²) in [6, 6.07) is 28.9. The number of nitrogens with zero attached hydrogens (tertiary/aromatic N) is 1. The van der Waals surface area contributed by atoms with Crippen molar-refractivity contribution in [3.8, 4) is 11.3 Å². The maximum atomic E-state index is 15.7. The van der Waals surface area contributed by atoms with Gasteiger partial charge in [0.05, 0.1) is 13.8 Å². The Hall–Kier alpha value is -3.55. The fraction of sp³-hybridized carbons (Fsp3) is 0.375. The minimum Gasteiger partial charge on any atom is -0.512 e. The second-order valence-electron chi connectivity index (χ2n) is 16.0. The van der Waals surface area contributed by atoms with Gasteiger partial charge in [-0.3, -0.25) is 9.78 Å². The van der Waals surface area contributed by atoms with Crippen LogP contribution >= 0.6 is 11.3 Å². The van der Waals surface area contributed by atoms with Crippen molar-refractivity contribution in [3.63, 3.8) is 0 Å². The van der Waals surface area contributed by atoms with Gasteiger partial charge in [-0.25, -0.2) is 8.78 Å². The van der Waals surface area contributed by atoms with Gasteiger partial charge in [0.2, 0.25) is 0 Å². The molecule has 56 heavy (non-hydrogen) atoms. The van der Waals surface area contributed by atoms with Crippen LogP contribution in [0.25, 0.3) is 42.2 Å². The van der Waals surface area contributed by atoms with E-state index in [4.69, 9.17) is 4.98 Å². The second kappa shape index (κ2) is 19.3. The summed E-state index contributed by atoms with van der Waals surface area (Å²) in [4.78, 5) is 16.5. The van der Waals surface area contributed by atoms with Crippen LogP contribution in [-0.2, 0) is 37.2 Å². The number of aliphatic hydroxyl groups is 1. The molecule has 8 heteroatoms. The van der Waals surface area contributed by atoms with Crippen LogP contribution in [0.2, 0.25) is 19.6 Å². The predicted molar refractivity (Wildman–Crippen MR) is 234 cm³/mol. The number of hydrogen-bond donors (Lipinski definition) is 1. The zero-order valence-electron chi connectivity index (χ0n) is 34.2. The van der Waals surface area contributed by atoms with Crippen LogP contribution in [0.3, 0.4) is 0 Å². The van der Waals surface area contributed by atoms with Crippen molar-refractivity contribution in [2.75, 3.05) is 0 Å². The van der Waals surface area contributed by atoms with Gasteiger partial charge in [0, 0.05) is 76.7 Å². The van der Waals surface area contributed by atoms with Crippen LogP contribution in [0.5, 0.6) is 0 Å². The van der Waals surface area contributed by atoms with Crippen molar-refractivity contribution in [1.82, 2.24) is 4.98 Å². The van der Waals surface area contributed by atoms with Gasteiger partial charge in [-0.15, -0.1) is 40.5 Å². The molecular formula is C48H56F2IrNO2SSi-. The smallest absolute Gasteiger partial charge is 0.277 e. The number of carbonyl (C=O) groups is 1. The third-order valence-electron chi connectivity index (χ3n) is 10.8. The van der Waals surface area contributed by atoms with Crippen molar-refractivity contribution < 1.29 is 38.8 Å². The zero-order chi connectivity index (χ0) is 40.1. The fourth-order valence-electron chi connectivity index (χ4n) is 7.31. The quantitative estimate of drug-likeness (QED) is 0.0543. The fourth-order valence-corrected chi connectivity index (χ4v) is 9.79. The minimum atomic E-state index is -2.97.